The van der Waals surface area contributed by atoms with E-state index < -0.39 is 11.6 Å². The lowest BCUT2D eigenvalue weighted by Gasteiger charge is -2.09. The first-order valence-electron chi connectivity index (χ1n) is 5.61. The summed E-state index contributed by atoms with van der Waals surface area (Å²) in [5.41, 5.74) is 0.929. The monoisotopic (exact) mass is 246 g/mol. The third kappa shape index (κ3) is 2.45. The van der Waals surface area contributed by atoms with E-state index in [1.165, 1.54) is 25.1 Å². The molecular weight excluding hydrogens is 234 g/mol. The summed E-state index contributed by atoms with van der Waals surface area (Å²) in [5, 5.41) is 0. The third-order valence-corrected chi connectivity index (χ3v) is 2.82. The predicted molar refractivity (Wildman–Crippen MR) is 65.6 cm³/mol. The maximum atomic E-state index is 13.8. The Balaban J connectivity index is 2.46. The zero-order chi connectivity index (χ0) is 13.1. The molecule has 0 radical (unpaired) electrons. The lowest BCUT2D eigenvalue weighted by Crippen LogP contribution is -2.04. The van der Waals surface area contributed by atoms with Gasteiger partial charge in [0.1, 0.15) is 11.6 Å². The SMILES string of the molecule is CC(=O)c1cccc(F)c1Cc1ccccc1F. The van der Waals surface area contributed by atoms with E-state index in [-0.39, 0.29) is 17.8 Å². The second-order valence-corrected chi connectivity index (χ2v) is 4.09. The average Bonchev–Trinajstić information content (AvgIpc) is 2.34. The quantitative estimate of drug-likeness (QED) is 0.754. The van der Waals surface area contributed by atoms with Crippen molar-refractivity contribution in [2.75, 3.05) is 0 Å². The molecule has 0 bridgehead atoms. The highest BCUT2D eigenvalue weighted by atomic mass is 19.1. The van der Waals surface area contributed by atoms with Crippen molar-refractivity contribution in [2.24, 2.45) is 0 Å². The molecule has 0 saturated heterocycles. The maximum absolute atomic E-state index is 13.8. The van der Waals surface area contributed by atoms with Crippen LogP contribution in [-0.4, -0.2) is 5.78 Å². The van der Waals surface area contributed by atoms with E-state index in [4.69, 9.17) is 0 Å². The maximum Gasteiger partial charge on any atom is 0.160 e. The molecule has 0 aliphatic heterocycles. The number of ketones is 1. The van der Waals surface area contributed by atoms with E-state index in [1.807, 2.05) is 0 Å². The van der Waals surface area contributed by atoms with Crippen LogP contribution in [0.2, 0.25) is 0 Å². The minimum atomic E-state index is -0.481. The lowest BCUT2D eigenvalue weighted by atomic mass is 9.97. The molecule has 0 unspecified atom stereocenters. The number of hydrogen-bond acceptors (Lipinski definition) is 1. The molecule has 0 amide bonds. The highest BCUT2D eigenvalue weighted by Crippen LogP contribution is 2.20. The van der Waals surface area contributed by atoms with Crippen molar-refractivity contribution in [3.8, 4) is 0 Å². The van der Waals surface area contributed by atoms with Gasteiger partial charge >= 0.3 is 0 Å². The molecule has 1 nitrogen and oxygen atoms in total. The van der Waals surface area contributed by atoms with Crippen LogP contribution in [0.15, 0.2) is 42.5 Å². The summed E-state index contributed by atoms with van der Waals surface area (Å²) in [6, 6.07) is 10.5. The molecule has 0 N–H and O–H groups in total. The van der Waals surface area contributed by atoms with Crippen molar-refractivity contribution in [1.82, 2.24) is 0 Å². The van der Waals surface area contributed by atoms with Gasteiger partial charge in [0.2, 0.25) is 0 Å². The van der Waals surface area contributed by atoms with Crippen LogP contribution in [0, 0.1) is 11.6 Å². The van der Waals surface area contributed by atoms with Gasteiger partial charge in [-0.2, -0.15) is 0 Å². The minimum Gasteiger partial charge on any atom is -0.294 e. The molecule has 2 rings (SSSR count). The Morgan fingerprint density at radius 1 is 1.00 bits per heavy atom. The van der Waals surface area contributed by atoms with Crippen molar-refractivity contribution in [1.29, 1.82) is 0 Å². The van der Waals surface area contributed by atoms with E-state index in [0.29, 0.717) is 11.1 Å². The Hall–Kier alpha value is -2.03. The molecule has 0 fully saturated rings. The highest BCUT2D eigenvalue weighted by molar-refractivity contribution is 5.95. The summed E-state index contributed by atoms with van der Waals surface area (Å²) in [4.78, 5) is 11.4. The Kier molecular flexibility index (Phi) is 3.51. The molecule has 3 heteroatoms. The van der Waals surface area contributed by atoms with Crippen LogP contribution in [0.25, 0.3) is 0 Å². The molecule has 0 aliphatic rings. The zero-order valence-corrected chi connectivity index (χ0v) is 9.91. The van der Waals surface area contributed by atoms with Crippen LogP contribution in [0.5, 0.6) is 0 Å². The second-order valence-electron chi connectivity index (χ2n) is 4.09. The molecular formula is C15H12F2O. The number of benzene rings is 2. The van der Waals surface area contributed by atoms with E-state index >= 15 is 0 Å². The largest absolute Gasteiger partial charge is 0.294 e. The number of Topliss-reactive ketones (excluding diaryl/α,β-unsaturated/α-hetero) is 1. The van der Waals surface area contributed by atoms with Crippen molar-refractivity contribution >= 4 is 5.78 Å². The van der Waals surface area contributed by atoms with Crippen molar-refractivity contribution < 1.29 is 13.6 Å². The van der Waals surface area contributed by atoms with Gasteiger partial charge in [-0.15, -0.1) is 0 Å². The topological polar surface area (TPSA) is 17.1 Å². The summed E-state index contributed by atoms with van der Waals surface area (Å²) in [6.07, 6.45) is 0.0776. The summed E-state index contributed by atoms with van der Waals surface area (Å²) in [5.74, 6) is -1.10. The van der Waals surface area contributed by atoms with E-state index in [1.54, 1.807) is 24.3 Å². The molecule has 0 aromatic heterocycles. The third-order valence-electron chi connectivity index (χ3n) is 2.82. The standard InChI is InChI=1S/C15H12F2O/c1-10(18)12-6-4-8-15(17)13(12)9-11-5-2-3-7-14(11)16/h2-8H,9H2,1H3. The van der Waals surface area contributed by atoms with Crippen LogP contribution in [0.1, 0.15) is 28.4 Å². The Morgan fingerprint density at radius 2 is 1.67 bits per heavy atom. The molecule has 92 valence electrons. The number of rotatable bonds is 3. The molecule has 18 heavy (non-hydrogen) atoms. The number of halogens is 2. The Labute approximate surface area is 104 Å². The summed E-state index contributed by atoms with van der Waals surface area (Å²) in [7, 11) is 0. The van der Waals surface area contributed by atoms with Gasteiger partial charge in [0.15, 0.2) is 5.78 Å². The van der Waals surface area contributed by atoms with Crippen LogP contribution in [0.3, 0.4) is 0 Å². The van der Waals surface area contributed by atoms with Gasteiger partial charge in [0, 0.05) is 17.5 Å². The van der Waals surface area contributed by atoms with Crippen LogP contribution in [-0.2, 0) is 6.42 Å². The Bertz CT molecular complexity index is 591. The second kappa shape index (κ2) is 5.08. The van der Waals surface area contributed by atoms with Gasteiger partial charge in [0.05, 0.1) is 0 Å². The molecule has 2 aromatic carbocycles. The fourth-order valence-corrected chi connectivity index (χ4v) is 1.90. The van der Waals surface area contributed by atoms with Crippen LogP contribution < -0.4 is 0 Å². The first-order chi connectivity index (χ1) is 8.59. The fraction of sp³-hybridized carbons (Fsp3) is 0.133. The predicted octanol–water partition coefficient (Wildman–Crippen LogP) is 3.76. The number of hydrogen-bond donors (Lipinski definition) is 0. The van der Waals surface area contributed by atoms with E-state index in [0.717, 1.165) is 0 Å². The molecule has 0 aliphatic carbocycles. The minimum absolute atomic E-state index is 0.0776. The van der Waals surface area contributed by atoms with E-state index in [9.17, 15) is 13.6 Å². The lowest BCUT2D eigenvalue weighted by molar-refractivity contribution is 0.101. The Morgan fingerprint density at radius 3 is 2.33 bits per heavy atom. The summed E-state index contributed by atoms with van der Waals surface area (Å²) < 4.78 is 27.3. The molecule has 0 saturated carbocycles. The number of carbonyl (C=O) groups excluding carboxylic acids is 1. The van der Waals surface area contributed by atoms with E-state index in [2.05, 4.69) is 0 Å². The summed E-state index contributed by atoms with van der Waals surface area (Å²) in [6.45, 7) is 1.37. The van der Waals surface area contributed by atoms with Gasteiger partial charge in [0.25, 0.3) is 0 Å². The molecule has 0 heterocycles. The highest BCUT2D eigenvalue weighted by Gasteiger charge is 2.13. The number of carbonyl (C=O) groups is 1. The van der Waals surface area contributed by atoms with Crippen molar-refractivity contribution in [2.45, 2.75) is 13.3 Å². The average molecular weight is 246 g/mol. The van der Waals surface area contributed by atoms with Gasteiger partial charge < -0.3 is 0 Å². The zero-order valence-electron chi connectivity index (χ0n) is 9.91. The van der Waals surface area contributed by atoms with Crippen LogP contribution >= 0.6 is 0 Å². The van der Waals surface area contributed by atoms with Gasteiger partial charge in [-0.1, -0.05) is 30.3 Å². The normalized spacial score (nSPS) is 10.4. The first kappa shape index (κ1) is 12.4. The van der Waals surface area contributed by atoms with Gasteiger partial charge in [-0.3, -0.25) is 4.79 Å². The van der Waals surface area contributed by atoms with Gasteiger partial charge in [-0.25, -0.2) is 8.78 Å². The van der Waals surface area contributed by atoms with Crippen molar-refractivity contribution in [3.05, 3.63) is 70.8 Å². The first-order valence-corrected chi connectivity index (χ1v) is 5.61. The molecule has 0 spiro atoms. The van der Waals surface area contributed by atoms with Crippen LogP contribution in [0.4, 0.5) is 8.78 Å². The van der Waals surface area contributed by atoms with Crippen molar-refractivity contribution in [3.63, 3.8) is 0 Å². The molecule has 2 aromatic rings. The summed E-state index contributed by atoms with van der Waals surface area (Å²) >= 11 is 0. The smallest absolute Gasteiger partial charge is 0.160 e. The fourth-order valence-electron chi connectivity index (χ4n) is 1.90. The van der Waals surface area contributed by atoms with Gasteiger partial charge in [-0.05, 0) is 24.6 Å². The molecule has 0 atom stereocenters.